The fourth-order valence-corrected chi connectivity index (χ4v) is 2.31. The van der Waals surface area contributed by atoms with Crippen molar-refractivity contribution in [2.45, 2.75) is 13.5 Å². The summed E-state index contributed by atoms with van der Waals surface area (Å²) in [6, 6.07) is 9.27. The zero-order chi connectivity index (χ0) is 17.5. The average molecular weight is 351 g/mol. The molecule has 6 heteroatoms. The van der Waals surface area contributed by atoms with Crippen LogP contribution in [0.2, 0.25) is 5.02 Å². The molecule has 0 amide bonds. The fourth-order valence-electron chi connectivity index (χ4n) is 2.04. The van der Waals surface area contributed by atoms with E-state index in [9.17, 15) is 9.18 Å². The van der Waals surface area contributed by atoms with Crippen molar-refractivity contribution in [2.75, 3.05) is 6.61 Å². The monoisotopic (exact) mass is 350 g/mol. The zero-order valence-electron chi connectivity index (χ0n) is 13.0. The summed E-state index contributed by atoms with van der Waals surface area (Å²) in [6.45, 7) is 2.32. The second kappa shape index (κ2) is 8.36. The quantitative estimate of drug-likeness (QED) is 0.744. The maximum atomic E-state index is 13.2. The Labute approximate surface area is 144 Å². The summed E-state index contributed by atoms with van der Waals surface area (Å²) in [4.78, 5) is 10.6. The lowest BCUT2D eigenvalue weighted by atomic mass is 10.2. The minimum atomic E-state index is -1.06. The maximum Gasteiger partial charge on any atom is 0.328 e. The SMILES string of the molecule is CCOc1cc(C=CC(=O)O)cc(Cl)c1OCc1cccc(F)c1. The van der Waals surface area contributed by atoms with Gasteiger partial charge < -0.3 is 14.6 Å². The van der Waals surface area contributed by atoms with Crippen LogP contribution in [0.4, 0.5) is 4.39 Å². The molecule has 0 spiro atoms. The molecule has 0 aromatic heterocycles. The summed E-state index contributed by atoms with van der Waals surface area (Å²) < 4.78 is 24.4. The molecule has 24 heavy (non-hydrogen) atoms. The molecule has 0 bridgehead atoms. The number of benzene rings is 2. The van der Waals surface area contributed by atoms with Crippen LogP contribution in [-0.4, -0.2) is 17.7 Å². The van der Waals surface area contributed by atoms with Crippen LogP contribution < -0.4 is 9.47 Å². The van der Waals surface area contributed by atoms with Gasteiger partial charge in [-0.2, -0.15) is 0 Å². The van der Waals surface area contributed by atoms with Gasteiger partial charge in [0.25, 0.3) is 0 Å². The van der Waals surface area contributed by atoms with Crippen molar-refractivity contribution < 1.29 is 23.8 Å². The average Bonchev–Trinajstić information content (AvgIpc) is 2.52. The number of hydrogen-bond donors (Lipinski definition) is 1. The van der Waals surface area contributed by atoms with Crippen molar-refractivity contribution in [3.05, 3.63) is 64.4 Å². The number of halogens is 2. The smallest absolute Gasteiger partial charge is 0.328 e. The van der Waals surface area contributed by atoms with Gasteiger partial charge in [-0.15, -0.1) is 0 Å². The summed E-state index contributed by atoms with van der Waals surface area (Å²) in [5, 5.41) is 8.98. The van der Waals surface area contributed by atoms with E-state index in [0.29, 0.717) is 29.2 Å². The first kappa shape index (κ1) is 17.8. The summed E-state index contributed by atoms with van der Waals surface area (Å²) >= 11 is 6.22. The van der Waals surface area contributed by atoms with Crippen LogP contribution in [0.25, 0.3) is 6.08 Å². The minimum Gasteiger partial charge on any atom is -0.490 e. The van der Waals surface area contributed by atoms with E-state index in [0.717, 1.165) is 6.08 Å². The van der Waals surface area contributed by atoms with Gasteiger partial charge in [0, 0.05) is 6.08 Å². The largest absolute Gasteiger partial charge is 0.490 e. The van der Waals surface area contributed by atoms with Gasteiger partial charge in [-0.05, 0) is 48.4 Å². The Kier molecular flexibility index (Phi) is 6.21. The van der Waals surface area contributed by atoms with E-state index < -0.39 is 5.97 Å². The molecule has 0 unspecified atom stereocenters. The lowest BCUT2D eigenvalue weighted by Crippen LogP contribution is -2.01. The van der Waals surface area contributed by atoms with E-state index in [2.05, 4.69) is 0 Å². The first-order valence-electron chi connectivity index (χ1n) is 7.24. The van der Waals surface area contributed by atoms with Gasteiger partial charge in [-0.3, -0.25) is 0 Å². The summed E-state index contributed by atoms with van der Waals surface area (Å²) in [5.74, 6) is -0.682. The molecule has 0 radical (unpaired) electrons. The lowest BCUT2D eigenvalue weighted by Gasteiger charge is -2.14. The van der Waals surface area contributed by atoms with E-state index in [-0.39, 0.29) is 17.4 Å². The molecular formula is C18H16ClFO4. The number of ether oxygens (including phenoxy) is 2. The molecule has 2 aromatic carbocycles. The molecule has 0 aliphatic carbocycles. The van der Waals surface area contributed by atoms with E-state index in [1.54, 1.807) is 24.3 Å². The van der Waals surface area contributed by atoms with Crippen molar-refractivity contribution in [3.8, 4) is 11.5 Å². The summed E-state index contributed by atoms with van der Waals surface area (Å²) in [7, 11) is 0. The molecule has 0 aliphatic rings. The van der Waals surface area contributed by atoms with Crippen LogP contribution in [0.5, 0.6) is 11.5 Å². The number of carboxylic acid groups (broad SMARTS) is 1. The molecule has 0 atom stereocenters. The van der Waals surface area contributed by atoms with Crippen molar-refractivity contribution in [2.24, 2.45) is 0 Å². The molecule has 2 aromatic rings. The van der Waals surface area contributed by atoms with Crippen LogP contribution >= 0.6 is 11.6 Å². The highest BCUT2D eigenvalue weighted by molar-refractivity contribution is 6.32. The normalized spacial score (nSPS) is 10.8. The van der Waals surface area contributed by atoms with Crippen molar-refractivity contribution >= 4 is 23.6 Å². The van der Waals surface area contributed by atoms with E-state index in [1.165, 1.54) is 18.2 Å². The Morgan fingerprint density at radius 1 is 1.29 bits per heavy atom. The van der Waals surface area contributed by atoms with Gasteiger partial charge in [-0.25, -0.2) is 9.18 Å². The fraction of sp³-hybridized carbons (Fsp3) is 0.167. The van der Waals surface area contributed by atoms with Gasteiger partial charge in [0.2, 0.25) is 0 Å². The van der Waals surface area contributed by atoms with Crippen LogP contribution in [-0.2, 0) is 11.4 Å². The highest BCUT2D eigenvalue weighted by atomic mass is 35.5. The van der Waals surface area contributed by atoms with Gasteiger partial charge in [0.15, 0.2) is 11.5 Å². The molecule has 126 valence electrons. The van der Waals surface area contributed by atoms with Gasteiger partial charge in [0.1, 0.15) is 12.4 Å². The van der Waals surface area contributed by atoms with Gasteiger partial charge >= 0.3 is 5.97 Å². The molecule has 0 fully saturated rings. The van der Waals surface area contributed by atoms with Crippen molar-refractivity contribution in [3.63, 3.8) is 0 Å². The third-order valence-corrected chi connectivity index (χ3v) is 3.30. The van der Waals surface area contributed by atoms with Gasteiger partial charge in [-0.1, -0.05) is 23.7 Å². The van der Waals surface area contributed by atoms with E-state index in [4.69, 9.17) is 26.2 Å². The van der Waals surface area contributed by atoms with Crippen LogP contribution in [0.15, 0.2) is 42.5 Å². The highest BCUT2D eigenvalue weighted by Crippen LogP contribution is 2.37. The maximum absolute atomic E-state index is 13.2. The molecule has 1 N–H and O–H groups in total. The van der Waals surface area contributed by atoms with E-state index >= 15 is 0 Å². The second-order valence-corrected chi connectivity index (χ2v) is 5.26. The molecule has 2 rings (SSSR count). The Hall–Kier alpha value is -2.53. The molecule has 0 heterocycles. The Balaban J connectivity index is 2.25. The first-order chi connectivity index (χ1) is 11.5. The molecule has 0 saturated heterocycles. The first-order valence-corrected chi connectivity index (χ1v) is 7.62. The third-order valence-electron chi connectivity index (χ3n) is 3.02. The summed E-state index contributed by atoms with van der Waals surface area (Å²) in [5.41, 5.74) is 1.23. The standard InChI is InChI=1S/C18H16ClFO4/c1-2-23-16-10-12(6-7-17(21)22)9-15(19)18(16)24-11-13-4-3-5-14(20)8-13/h3-10H,2,11H2,1H3,(H,21,22). The second-order valence-electron chi connectivity index (χ2n) is 4.85. The van der Waals surface area contributed by atoms with Crippen LogP contribution in [0.3, 0.4) is 0 Å². The molecule has 0 aliphatic heterocycles. The number of aliphatic carboxylic acids is 1. The minimum absolute atomic E-state index is 0.127. The highest BCUT2D eigenvalue weighted by Gasteiger charge is 2.12. The number of carboxylic acids is 1. The van der Waals surface area contributed by atoms with Crippen LogP contribution in [0, 0.1) is 5.82 Å². The van der Waals surface area contributed by atoms with Crippen molar-refractivity contribution in [1.29, 1.82) is 0 Å². The Morgan fingerprint density at radius 2 is 2.08 bits per heavy atom. The van der Waals surface area contributed by atoms with E-state index in [1.807, 2.05) is 6.92 Å². The topological polar surface area (TPSA) is 55.8 Å². The Bertz CT molecular complexity index is 759. The predicted molar refractivity (Wildman–Crippen MR) is 90.0 cm³/mol. The molecular weight excluding hydrogens is 335 g/mol. The third kappa shape index (κ3) is 4.99. The summed E-state index contributed by atoms with van der Waals surface area (Å²) in [6.07, 6.45) is 2.42. The zero-order valence-corrected chi connectivity index (χ0v) is 13.7. The predicted octanol–water partition coefficient (Wildman–Crippen LogP) is 4.55. The lowest BCUT2D eigenvalue weighted by molar-refractivity contribution is -0.131. The molecule has 0 saturated carbocycles. The number of rotatable bonds is 7. The van der Waals surface area contributed by atoms with Crippen LogP contribution in [0.1, 0.15) is 18.1 Å². The Morgan fingerprint density at radius 3 is 2.75 bits per heavy atom. The van der Waals surface area contributed by atoms with Crippen molar-refractivity contribution in [1.82, 2.24) is 0 Å². The van der Waals surface area contributed by atoms with Gasteiger partial charge in [0.05, 0.1) is 11.6 Å². The number of hydrogen-bond acceptors (Lipinski definition) is 3. The number of carbonyl (C=O) groups is 1. The molecule has 4 nitrogen and oxygen atoms in total.